The van der Waals surface area contributed by atoms with Gasteiger partial charge in [0.1, 0.15) is 0 Å². The molecule has 0 spiro atoms. The minimum absolute atomic E-state index is 0. The fraction of sp³-hybridized carbons (Fsp3) is 0.0909. The lowest BCUT2D eigenvalue weighted by atomic mass is 10.1. The van der Waals surface area contributed by atoms with Crippen molar-refractivity contribution in [1.82, 2.24) is 0 Å². The maximum absolute atomic E-state index is 5.71. The van der Waals surface area contributed by atoms with E-state index in [2.05, 4.69) is 18.2 Å². The van der Waals surface area contributed by atoms with Gasteiger partial charge in [-0.2, -0.15) is 0 Å². The van der Waals surface area contributed by atoms with Gasteiger partial charge in [-0.3, -0.25) is 0 Å². The molecule has 0 aliphatic heterocycles. The van der Waals surface area contributed by atoms with Gasteiger partial charge in [-0.25, -0.2) is 5.84 Å². The van der Waals surface area contributed by atoms with Gasteiger partial charge in [0.2, 0.25) is 0 Å². The summed E-state index contributed by atoms with van der Waals surface area (Å²) in [5, 5.41) is 4.05. The Balaban J connectivity index is 0.000000980. The van der Waals surface area contributed by atoms with Crippen LogP contribution in [0.15, 0.2) is 42.5 Å². The molecule has 2 aromatic rings. The molecule has 14 heavy (non-hydrogen) atoms. The second-order valence-corrected chi connectivity index (χ2v) is 3.11. The van der Waals surface area contributed by atoms with Gasteiger partial charge in [0, 0.05) is 12.4 Å². The average Bonchev–Trinajstić information content (AvgIpc) is 2.17. The van der Waals surface area contributed by atoms with E-state index in [1.54, 1.807) is 5.01 Å². The first kappa shape index (κ1) is 10.8. The Labute approximate surface area is 89.7 Å². The SMILES string of the molecule is CN(N)c1cccc2ccccc12.Cl. The van der Waals surface area contributed by atoms with E-state index >= 15 is 0 Å². The summed E-state index contributed by atoms with van der Waals surface area (Å²) in [7, 11) is 1.85. The van der Waals surface area contributed by atoms with Crippen LogP contribution >= 0.6 is 12.4 Å². The number of benzene rings is 2. The molecule has 0 saturated heterocycles. The molecule has 0 aliphatic rings. The summed E-state index contributed by atoms with van der Waals surface area (Å²) in [6.45, 7) is 0. The van der Waals surface area contributed by atoms with Gasteiger partial charge in [-0.1, -0.05) is 36.4 Å². The predicted molar refractivity (Wildman–Crippen MR) is 63.8 cm³/mol. The van der Waals surface area contributed by atoms with Crippen LogP contribution in [0.3, 0.4) is 0 Å². The molecule has 0 aromatic heterocycles. The Morgan fingerprint density at radius 2 is 1.64 bits per heavy atom. The van der Waals surface area contributed by atoms with Crippen LogP contribution in [0.25, 0.3) is 10.8 Å². The molecule has 0 saturated carbocycles. The number of anilines is 1. The van der Waals surface area contributed by atoms with Crippen molar-refractivity contribution in [1.29, 1.82) is 0 Å². The summed E-state index contributed by atoms with van der Waals surface area (Å²) < 4.78 is 0. The normalized spacial score (nSPS) is 9.57. The second-order valence-electron chi connectivity index (χ2n) is 3.11. The highest BCUT2D eigenvalue weighted by Gasteiger charge is 2.00. The monoisotopic (exact) mass is 208 g/mol. The van der Waals surface area contributed by atoms with Crippen molar-refractivity contribution in [3.63, 3.8) is 0 Å². The molecule has 2 rings (SSSR count). The summed E-state index contributed by atoms with van der Waals surface area (Å²) in [4.78, 5) is 0. The van der Waals surface area contributed by atoms with E-state index in [1.807, 2.05) is 31.3 Å². The molecule has 0 aliphatic carbocycles. The number of fused-ring (bicyclic) bond motifs is 1. The number of nitrogens with two attached hydrogens (primary N) is 1. The van der Waals surface area contributed by atoms with Crippen molar-refractivity contribution in [3.05, 3.63) is 42.5 Å². The van der Waals surface area contributed by atoms with Crippen LogP contribution in [0.4, 0.5) is 5.69 Å². The zero-order valence-electron chi connectivity index (χ0n) is 7.97. The fourth-order valence-corrected chi connectivity index (χ4v) is 1.52. The smallest absolute Gasteiger partial charge is 0.0592 e. The third kappa shape index (κ3) is 1.81. The third-order valence-corrected chi connectivity index (χ3v) is 2.15. The van der Waals surface area contributed by atoms with E-state index < -0.39 is 0 Å². The van der Waals surface area contributed by atoms with Crippen molar-refractivity contribution in [2.75, 3.05) is 12.1 Å². The summed E-state index contributed by atoms with van der Waals surface area (Å²) in [5.41, 5.74) is 1.05. The molecule has 0 unspecified atom stereocenters. The molecule has 74 valence electrons. The minimum atomic E-state index is 0. The van der Waals surface area contributed by atoms with Crippen LogP contribution in [-0.4, -0.2) is 7.05 Å². The van der Waals surface area contributed by atoms with E-state index in [9.17, 15) is 0 Å². The van der Waals surface area contributed by atoms with Crippen LogP contribution in [0, 0.1) is 0 Å². The van der Waals surface area contributed by atoms with Crippen molar-refractivity contribution in [3.8, 4) is 0 Å². The molecule has 3 heteroatoms. The fourth-order valence-electron chi connectivity index (χ4n) is 1.52. The summed E-state index contributed by atoms with van der Waals surface area (Å²) in [6.07, 6.45) is 0. The van der Waals surface area contributed by atoms with Crippen LogP contribution in [-0.2, 0) is 0 Å². The maximum Gasteiger partial charge on any atom is 0.0592 e. The molecule has 0 fully saturated rings. The van der Waals surface area contributed by atoms with Crippen LogP contribution in [0.2, 0.25) is 0 Å². The molecule has 0 radical (unpaired) electrons. The molecule has 0 amide bonds. The molecule has 2 N–H and O–H groups in total. The van der Waals surface area contributed by atoms with Gasteiger partial charge in [0.25, 0.3) is 0 Å². The highest BCUT2D eigenvalue weighted by atomic mass is 35.5. The van der Waals surface area contributed by atoms with Crippen molar-refractivity contribution < 1.29 is 0 Å². The molecular formula is C11H13ClN2. The first-order chi connectivity index (χ1) is 6.29. The molecule has 0 bridgehead atoms. The zero-order valence-corrected chi connectivity index (χ0v) is 8.79. The highest BCUT2D eigenvalue weighted by Crippen LogP contribution is 2.23. The molecule has 2 nitrogen and oxygen atoms in total. The Bertz CT molecular complexity index is 421. The van der Waals surface area contributed by atoms with E-state index in [-0.39, 0.29) is 12.4 Å². The highest BCUT2D eigenvalue weighted by molar-refractivity contribution is 5.93. The lowest BCUT2D eigenvalue weighted by molar-refractivity contribution is 1.03. The summed E-state index contributed by atoms with van der Waals surface area (Å²) in [5.74, 6) is 5.71. The van der Waals surface area contributed by atoms with E-state index in [0.717, 1.165) is 5.69 Å². The van der Waals surface area contributed by atoms with Gasteiger partial charge in [0.15, 0.2) is 0 Å². The van der Waals surface area contributed by atoms with Crippen LogP contribution < -0.4 is 10.9 Å². The minimum Gasteiger partial charge on any atom is -0.314 e. The number of nitrogens with zero attached hydrogens (tertiary/aromatic N) is 1. The van der Waals surface area contributed by atoms with Gasteiger partial charge in [-0.15, -0.1) is 12.4 Å². The average molecular weight is 209 g/mol. The first-order valence-electron chi connectivity index (χ1n) is 4.25. The Hall–Kier alpha value is -1.25. The largest absolute Gasteiger partial charge is 0.314 e. The Morgan fingerprint density at radius 1 is 1.00 bits per heavy atom. The van der Waals surface area contributed by atoms with E-state index in [1.165, 1.54) is 10.8 Å². The van der Waals surface area contributed by atoms with Crippen LogP contribution in [0.5, 0.6) is 0 Å². The van der Waals surface area contributed by atoms with Crippen molar-refractivity contribution >= 4 is 28.9 Å². The van der Waals surface area contributed by atoms with Gasteiger partial charge >= 0.3 is 0 Å². The Kier molecular flexibility index (Phi) is 3.33. The molecule has 2 aromatic carbocycles. The lowest BCUT2D eigenvalue weighted by Gasteiger charge is -2.14. The van der Waals surface area contributed by atoms with Gasteiger partial charge in [0.05, 0.1) is 5.69 Å². The third-order valence-electron chi connectivity index (χ3n) is 2.15. The summed E-state index contributed by atoms with van der Waals surface area (Å²) >= 11 is 0. The number of hydrogen-bond donors (Lipinski definition) is 1. The zero-order chi connectivity index (χ0) is 9.26. The molecule has 0 heterocycles. The number of rotatable bonds is 1. The number of hydrogen-bond acceptors (Lipinski definition) is 2. The predicted octanol–water partition coefficient (Wildman–Crippen LogP) is 2.57. The second kappa shape index (κ2) is 4.31. The number of hydrazine groups is 1. The standard InChI is InChI=1S/C11H12N2.ClH/c1-13(12)11-8-4-6-9-5-2-3-7-10(9)11;/h2-8H,12H2,1H3;1H. The van der Waals surface area contributed by atoms with E-state index in [4.69, 9.17) is 5.84 Å². The lowest BCUT2D eigenvalue weighted by Crippen LogP contribution is -2.25. The topological polar surface area (TPSA) is 29.3 Å². The number of halogens is 1. The quantitative estimate of drug-likeness (QED) is 0.577. The Morgan fingerprint density at radius 3 is 2.36 bits per heavy atom. The van der Waals surface area contributed by atoms with E-state index in [0.29, 0.717) is 0 Å². The van der Waals surface area contributed by atoms with Gasteiger partial charge in [-0.05, 0) is 11.5 Å². The maximum atomic E-state index is 5.71. The van der Waals surface area contributed by atoms with Crippen LogP contribution in [0.1, 0.15) is 0 Å². The summed E-state index contributed by atoms with van der Waals surface area (Å²) in [6, 6.07) is 14.3. The first-order valence-corrected chi connectivity index (χ1v) is 4.25. The van der Waals surface area contributed by atoms with Gasteiger partial charge < -0.3 is 5.01 Å². The molecule has 0 atom stereocenters. The molecular weight excluding hydrogens is 196 g/mol. The van der Waals surface area contributed by atoms with Crippen molar-refractivity contribution in [2.24, 2.45) is 5.84 Å². The van der Waals surface area contributed by atoms with Crippen molar-refractivity contribution in [2.45, 2.75) is 0 Å².